The molecule has 0 saturated heterocycles. The molecule has 0 radical (unpaired) electrons. The van der Waals surface area contributed by atoms with Gasteiger partial charge >= 0.3 is 0 Å². The van der Waals surface area contributed by atoms with Crippen molar-refractivity contribution in [3.63, 3.8) is 0 Å². The topological polar surface area (TPSA) is 52.5 Å². The second-order valence-electron chi connectivity index (χ2n) is 4.74. The minimum absolute atomic E-state index is 0.0185. The van der Waals surface area contributed by atoms with Crippen LogP contribution in [0.4, 0.5) is 0 Å². The third-order valence-corrected chi connectivity index (χ3v) is 3.79. The van der Waals surface area contributed by atoms with Gasteiger partial charge in [-0.2, -0.15) is 0 Å². The number of aromatic hydroxyl groups is 1. The van der Waals surface area contributed by atoms with Crippen LogP contribution in [0.1, 0.15) is 11.1 Å². The number of phenols is 1. The van der Waals surface area contributed by atoms with Gasteiger partial charge in [0.05, 0.1) is 11.1 Å². The Morgan fingerprint density at radius 1 is 1.05 bits per heavy atom. The maximum Gasteiger partial charge on any atom is 0.129 e. The van der Waals surface area contributed by atoms with Crippen molar-refractivity contribution in [3.05, 3.63) is 64.1 Å². The Balaban J connectivity index is 1.92. The summed E-state index contributed by atoms with van der Waals surface area (Å²) >= 11 is 3.30. The number of rotatable bonds is 6. The number of phenolic OH excluding ortho intramolecular Hbond substituents is 1. The highest BCUT2D eigenvalue weighted by atomic mass is 79.9. The Bertz CT molecular complexity index is 545. The van der Waals surface area contributed by atoms with Crippen LogP contribution in [0.2, 0.25) is 0 Å². The normalized spacial score (nSPS) is 12.3. The van der Waals surface area contributed by atoms with Crippen LogP contribution >= 0.6 is 15.9 Å². The van der Waals surface area contributed by atoms with E-state index in [0.29, 0.717) is 11.0 Å². The van der Waals surface area contributed by atoms with Gasteiger partial charge in [0.1, 0.15) is 5.75 Å². The predicted octanol–water partition coefficient (Wildman–Crippen LogP) is 2.85. The van der Waals surface area contributed by atoms with E-state index in [1.54, 1.807) is 6.07 Å². The van der Waals surface area contributed by atoms with Crippen molar-refractivity contribution in [1.29, 1.82) is 0 Å². The van der Waals surface area contributed by atoms with Crippen molar-refractivity contribution in [3.8, 4) is 5.75 Å². The average molecular weight is 336 g/mol. The first kappa shape index (κ1) is 15.0. The Hall–Kier alpha value is -1.36. The molecule has 0 aromatic heterocycles. The van der Waals surface area contributed by atoms with Crippen LogP contribution in [0.5, 0.6) is 5.75 Å². The lowest BCUT2D eigenvalue weighted by atomic mass is 10.1. The maximum atomic E-state index is 9.45. The van der Waals surface area contributed by atoms with E-state index in [4.69, 9.17) is 0 Å². The van der Waals surface area contributed by atoms with E-state index in [-0.39, 0.29) is 18.4 Å². The second kappa shape index (κ2) is 7.43. The first-order chi connectivity index (χ1) is 9.69. The molecule has 106 valence electrons. The first-order valence-electron chi connectivity index (χ1n) is 6.54. The highest BCUT2D eigenvalue weighted by molar-refractivity contribution is 9.10. The van der Waals surface area contributed by atoms with Crippen LogP contribution < -0.4 is 5.32 Å². The van der Waals surface area contributed by atoms with Crippen LogP contribution in [0.3, 0.4) is 0 Å². The summed E-state index contributed by atoms with van der Waals surface area (Å²) in [5.74, 6) is 0.233. The molecule has 2 aromatic rings. The van der Waals surface area contributed by atoms with Crippen molar-refractivity contribution in [2.24, 2.45) is 0 Å². The lowest BCUT2D eigenvalue weighted by Crippen LogP contribution is -2.34. The first-order valence-corrected chi connectivity index (χ1v) is 7.34. The largest absolute Gasteiger partial charge is 0.507 e. The molecular weight excluding hydrogens is 318 g/mol. The van der Waals surface area contributed by atoms with Gasteiger partial charge in [-0.25, -0.2) is 0 Å². The summed E-state index contributed by atoms with van der Waals surface area (Å²) in [6.45, 7) is 0.741. The SMILES string of the molecule is OCC(Cc1ccccc1)NCc1ccc(O)c(Br)c1. The van der Waals surface area contributed by atoms with Crippen LogP contribution in [0.15, 0.2) is 53.0 Å². The Morgan fingerprint density at radius 2 is 1.80 bits per heavy atom. The molecule has 0 spiro atoms. The third-order valence-electron chi connectivity index (χ3n) is 3.15. The highest BCUT2D eigenvalue weighted by Gasteiger charge is 2.08. The number of aliphatic hydroxyl groups excluding tert-OH is 1. The van der Waals surface area contributed by atoms with Gasteiger partial charge in [0.15, 0.2) is 0 Å². The van der Waals surface area contributed by atoms with E-state index in [2.05, 4.69) is 33.4 Å². The summed E-state index contributed by atoms with van der Waals surface area (Å²) in [5.41, 5.74) is 2.26. The van der Waals surface area contributed by atoms with Crippen molar-refractivity contribution < 1.29 is 10.2 Å². The zero-order valence-corrected chi connectivity index (χ0v) is 12.7. The van der Waals surface area contributed by atoms with Gasteiger partial charge in [-0.05, 0) is 45.6 Å². The molecule has 0 saturated carbocycles. The van der Waals surface area contributed by atoms with Crippen molar-refractivity contribution >= 4 is 15.9 Å². The predicted molar refractivity (Wildman–Crippen MR) is 83.7 cm³/mol. The fourth-order valence-electron chi connectivity index (χ4n) is 2.02. The Labute approximate surface area is 127 Å². The highest BCUT2D eigenvalue weighted by Crippen LogP contribution is 2.24. The zero-order valence-electron chi connectivity index (χ0n) is 11.1. The maximum absolute atomic E-state index is 9.45. The molecule has 0 bridgehead atoms. The van der Waals surface area contributed by atoms with E-state index in [0.717, 1.165) is 12.0 Å². The van der Waals surface area contributed by atoms with Gasteiger partial charge < -0.3 is 15.5 Å². The van der Waals surface area contributed by atoms with Gasteiger partial charge in [0, 0.05) is 12.6 Å². The average Bonchev–Trinajstić information content (AvgIpc) is 2.48. The summed E-state index contributed by atoms with van der Waals surface area (Å²) in [6.07, 6.45) is 0.788. The molecule has 0 aliphatic carbocycles. The van der Waals surface area contributed by atoms with Crippen molar-refractivity contribution in [1.82, 2.24) is 5.32 Å². The lowest BCUT2D eigenvalue weighted by Gasteiger charge is -2.16. The molecule has 0 aliphatic heterocycles. The molecule has 3 nitrogen and oxygen atoms in total. The number of benzene rings is 2. The fourth-order valence-corrected chi connectivity index (χ4v) is 2.45. The summed E-state index contributed by atoms with van der Waals surface area (Å²) in [5, 5.41) is 22.2. The summed E-state index contributed by atoms with van der Waals surface area (Å²) in [6, 6.07) is 15.5. The monoisotopic (exact) mass is 335 g/mol. The van der Waals surface area contributed by atoms with Gasteiger partial charge in [-0.3, -0.25) is 0 Å². The quantitative estimate of drug-likeness (QED) is 0.760. The third kappa shape index (κ3) is 4.34. The number of hydrogen-bond donors (Lipinski definition) is 3. The van der Waals surface area contributed by atoms with E-state index in [9.17, 15) is 10.2 Å². The van der Waals surface area contributed by atoms with E-state index in [1.807, 2.05) is 30.3 Å². The summed E-state index contributed by atoms with van der Waals surface area (Å²) in [4.78, 5) is 0. The summed E-state index contributed by atoms with van der Waals surface area (Å²) in [7, 11) is 0. The van der Waals surface area contributed by atoms with Crippen LogP contribution in [-0.2, 0) is 13.0 Å². The zero-order chi connectivity index (χ0) is 14.4. The minimum atomic E-state index is 0.0185. The van der Waals surface area contributed by atoms with Gasteiger partial charge in [0.25, 0.3) is 0 Å². The van der Waals surface area contributed by atoms with Gasteiger partial charge in [-0.15, -0.1) is 0 Å². The molecule has 2 aromatic carbocycles. The molecule has 1 atom stereocenters. The number of aliphatic hydroxyl groups is 1. The van der Waals surface area contributed by atoms with Gasteiger partial charge in [0.2, 0.25) is 0 Å². The van der Waals surface area contributed by atoms with Crippen LogP contribution in [0.25, 0.3) is 0 Å². The second-order valence-corrected chi connectivity index (χ2v) is 5.59. The lowest BCUT2D eigenvalue weighted by molar-refractivity contribution is 0.241. The van der Waals surface area contributed by atoms with E-state index in [1.165, 1.54) is 5.56 Å². The molecule has 0 aliphatic rings. The molecule has 0 heterocycles. The number of halogens is 1. The Kier molecular flexibility index (Phi) is 5.59. The molecule has 0 fully saturated rings. The Morgan fingerprint density at radius 3 is 2.45 bits per heavy atom. The van der Waals surface area contributed by atoms with E-state index < -0.39 is 0 Å². The molecule has 1 unspecified atom stereocenters. The molecule has 2 rings (SSSR count). The van der Waals surface area contributed by atoms with Crippen LogP contribution in [0, 0.1) is 0 Å². The summed E-state index contributed by atoms with van der Waals surface area (Å²) < 4.78 is 0.681. The standard InChI is InChI=1S/C16H18BrNO2/c17-15-9-13(6-7-16(15)20)10-18-14(11-19)8-12-4-2-1-3-5-12/h1-7,9,14,18-20H,8,10-11H2. The fraction of sp³-hybridized carbons (Fsp3) is 0.250. The molecule has 0 amide bonds. The number of nitrogens with one attached hydrogen (secondary N) is 1. The number of hydrogen-bond acceptors (Lipinski definition) is 3. The van der Waals surface area contributed by atoms with E-state index >= 15 is 0 Å². The molecular formula is C16H18BrNO2. The van der Waals surface area contributed by atoms with Crippen molar-refractivity contribution in [2.75, 3.05) is 6.61 Å². The molecule has 3 N–H and O–H groups in total. The smallest absolute Gasteiger partial charge is 0.129 e. The molecule has 4 heteroatoms. The molecule has 20 heavy (non-hydrogen) atoms. The minimum Gasteiger partial charge on any atom is -0.507 e. The van der Waals surface area contributed by atoms with Crippen molar-refractivity contribution in [2.45, 2.75) is 19.0 Å². The van der Waals surface area contributed by atoms with Crippen LogP contribution in [-0.4, -0.2) is 22.9 Å². The van der Waals surface area contributed by atoms with Gasteiger partial charge in [-0.1, -0.05) is 36.4 Å².